The van der Waals surface area contributed by atoms with E-state index in [0.29, 0.717) is 19.4 Å². The van der Waals surface area contributed by atoms with Crippen molar-refractivity contribution in [2.75, 3.05) is 6.61 Å². The molecule has 0 aromatic rings. The molecule has 0 bridgehead atoms. The van der Waals surface area contributed by atoms with Gasteiger partial charge in [-0.1, -0.05) is 13.8 Å². The number of carbonyl (C=O) groups excluding carboxylic acids is 1. The van der Waals surface area contributed by atoms with Crippen LogP contribution in [0.15, 0.2) is 0 Å². The van der Waals surface area contributed by atoms with Gasteiger partial charge in [-0.2, -0.15) is 0 Å². The van der Waals surface area contributed by atoms with Gasteiger partial charge in [0.25, 0.3) is 0 Å². The maximum absolute atomic E-state index is 11.0. The lowest BCUT2D eigenvalue weighted by molar-refractivity contribution is -0.189. The summed E-state index contributed by atoms with van der Waals surface area (Å²) in [5.74, 6) is -0.820. The molecule has 0 aliphatic carbocycles. The zero-order chi connectivity index (χ0) is 12.5. The van der Waals surface area contributed by atoms with Gasteiger partial charge in [0.15, 0.2) is 5.79 Å². The smallest absolute Gasteiger partial charge is 0.306 e. The topological polar surface area (TPSA) is 65.0 Å². The highest BCUT2D eigenvalue weighted by molar-refractivity contribution is 5.71. The third-order valence-electron chi connectivity index (χ3n) is 3.63. The van der Waals surface area contributed by atoms with Gasteiger partial charge in [0.2, 0.25) is 0 Å². The minimum atomic E-state index is -0.790. The van der Waals surface area contributed by atoms with E-state index in [-0.39, 0.29) is 5.97 Å². The van der Waals surface area contributed by atoms with Crippen molar-refractivity contribution in [1.82, 2.24) is 0 Å². The molecule has 0 saturated carbocycles. The molecule has 1 N–H and O–H groups in total. The Hall–Kier alpha value is -0.650. The van der Waals surface area contributed by atoms with Crippen LogP contribution in [0.1, 0.15) is 39.5 Å². The number of esters is 1. The average Bonchev–Trinajstić information content (AvgIpc) is 2.95. The van der Waals surface area contributed by atoms with Gasteiger partial charge >= 0.3 is 5.97 Å². The summed E-state index contributed by atoms with van der Waals surface area (Å²) in [5.41, 5.74) is 0. The minimum absolute atomic E-state index is 0.245. The third-order valence-corrected chi connectivity index (χ3v) is 3.63. The molecule has 2 saturated heterocycles. The lowest BCUT2D eigenvalue weighted by Gasteiger charge is -2.27. The van der Waals surface area contributed by atoms with E-state index < -0.39 is 24.1 Å². The number of rotatable bonds is 4. The lowest BCUT2D eigenvalue weighted by Crippen LogP contribution is -2.40. The zero-order valence-corrected chi connectivity index (χ0v) is 10.3. The fraction of sp³-hybridized carbons (Fsp3) is 0.917. The van der Waals surface area contributed by atoms with E-state index in [1.807, 2.05) is 13.8 Å². The van der Waals surface area contributed by atoms with Crippen molar-refractivity contribution in [2.24, 2.45) is 0 Å². The highest BCUT2D eigenvalue weighted by Crippen LogP contribution is 2.33. The molecule has 98 valence electrons. The van der Waals surface area contributed by atoms with Crippen LogP contribution in [-0.4, -0.2) is 41.8 Å². The molecule has 0 radical (unpaired) electrons. The van der Waals surface area contributed by atoms with Crippen LogP contribution in [0.4, 0.5) is 0 Å². The molecule has 3 atom stereocenters. The SMILES string of the molecule is CCC1(CC)OC[C@H]([C@@H](O)[C@H]2CCC(=O)O2)O1. The van der Waals surface area contributed by atoms with Crippen molar-refractivity contribution in [3.05, 3.63) is 0 Å². The molecule has 5 heteroatoms. The Labute approximate surface area is 101 Å². The summed E-state index contributed by atoms with van der Waals surface area (Å²) in [4.78, 5) is 11.0. The summed E-state index contributed by atoms with van der Waals surface area (Å²) < 4.78 is 16.5. The quantitative estimate of drug-likeness (QED) is 0.747. The maximum atomic E-state index is 11.0. The number of aliphatic hydroxyl groups excluding tert-OH is 1. The Kier molecular flexibility index (Phi) is 3.70. The first-order chi connectivity index (χ1) is 8.10. The number of hydrogen-bond acceptors (Lipinski definition) is 5. The summed E-state index contributed by atoms with van der Waals surface area (Å²) >= 11 is 0. The van der Waals surface area contributed by atoms with Crippen LogP contribution in [0.3, 0.4) is 0 Å². The predicted octanol–water partition coefficient (Wildman–Crippen LogP) is 0.985. The molecule has 0 aromatic carbocycles. The van der Waals surface area contributed by atoms with Gasteiger partial charge in [-0.05, 0) is 19.3 Å². The second-order valence-electron chi connectivity index (χ2n) is 4.64. The van der Waals surface area contributed by atoms with Gasteiger partial charge in [0.05, 0.1) is 6.61 Å². The largest absolute Gasteiger partial charge is 0.459 e. The van der Waals surface area contributed by atoms with Crippen LogP contribution in [-0.2, 0) is 19.0 Å². The fourth-order valence-electron chi connectivity index (χ4n) is 2.39. The van der Waals surface area contributed by atoms with Crippen molar-refractivity contribution in [1.29, 1.82) is 0 Å². The van der Waals surface area contributed by atoms with Gasteiger partial charge in [-0.15, -0.1) is 0 Å². The summed E-state index contributed by atoms with van der Waals surface area (Å²) in [6.07, 6.45) is 0.800. The molecule has 5 nitrogen and oxygen atoms in total. The Morgan fingerprint density at radius 3 is 2.59 bits per heavy atom. The van der Waals surface area contributed by atoms with Crippen molar-refractivity contribution in [3.63, 3.8) is 0 Å². The monoisotopic (exact) mass is 244 g/mol. The highest BCUT2D eigenvalue weighted by atomic mass is 16.7. The van der Waals surface area contributed by atoms with Crippen molar-refractivity contribution >= 4 is 5.97 Å². The van der Waals surface area contributed by atoms with Gasteiger partial charge < -0.3 is 19.3 Å². The molecular weight excluding hydrogens is 224 g/mol. The Morgan fingerprint density at radius 1 is 1.41 bits per heavy atom. The molecule has 2 rings (SSSR count). The molecule has 2 heterocycles. The fourth-order valence-corrected chi connectivity index (χ4v) is 2.39. The van der Waals surface area contributed by atoms with Gasteiger partial charge in [0, 0.05) is 6.42 Å². The van der Waals surface area contributed by atoms with Crippen LogP contribution in [0.2, 0.25) is 0 Å². The summed E-state index contributed by atoms with van der Waals surface area (Å²) in [6.45, 7) is 4.35. The maximum Gasteiger partial charge on any atom is 0.306 e. The van der Waals surface area contributed by atoms with E-state index in [4.69, 9.17) is 14.2 Å². The van der Waals surface area contributed by atoms with Gasteiger partial charge in [-0.25, -0.2) is 0 Å². The number of carbonyl (C=O) groups is 1. The summed E-state index contributed by atoms with van der Waals surface area (Å²) in [7, 11) is 0. The van der Waals surface area contributed by atoms with E-state index >= 15 is 0 Å². The Bertz CT molecular complexity index is 287. The second kappa shape index (κ2) is 4.92. The highest BCUT2D eigenvalue weighted by Gasteiger charge is 2.45. The normalized spacial score (nSPS) is 33.7. The third kappa shape index (κ3) is 2.46. The first-order valence-electron chi connectivity index (χ1n) is 6.29. The summed E-state index contributed by atoms with van der Waals surface area (Å²) in [6, 6.07) is 0. The van der Waals surface area contributed by atoms with Crippen LogP contribution >= 0.6 is 0 Å². The summed E-state index contributed by atoms with van der Waals surface area (Å²) in [5, 5.41) is 10.1. The van der Waals surface area contributed by atoms with Crippen LogP contribution < -0.4 is 0 Å². The molecule has 2 aliphatic rings. The molecule has 0 unspecified atom stereocenters. The number of cyclic esters (lactones) is 1. The Morgan fingerprint density at radius 2 is 2.12 bits per heavy atom. The molecule has 0 aromatic heterocycles. The van der Waals surface area contributed by atoms with Gasteiger partial charge in [-0.3, -0.25) is 4.79 Å². The molecular formula is C12H20O5. The second-order valence-corrected chi connectivity index (χ2v) is 4.64. The standard InChI is InChI=1S/C12H20O5/c1-3-12(4-2)15-7-9(17-12)11(14)8-5-6-10(13)16-8/h8-9,11,14H,3-7H2,1-2H3/t8-,9-,11+/m1/s1. The van der Waals surface area contributed by atoms with Crippen LogP contribution in [0.25, 0.3) is 0 Å². The zero-order valence-electron chi connectivity index (χ0n) is 10.3. The predicted molar refractivity (Wildman–Crippen MR) is 59.3 cm³/mol. The minimum Gasteiger partial charge on any atom is -0.459 e. The van der Waals surface area contributed by atoms with Gasteiger partial charge in [0.1, 0.15) is 18.3 Å². The molecule has 2 fully saturated rings. The van der Waals surface area contributed by atoms with E-state index in [0.717, 1.165) is 12.8 Å². The van der Waals surface area contributed by atoms with Crippen molar-refractivity contribution < 1.29 is 24.1 Å². The first-order valence-corrected chi connectivity index (χ1v) is 6.29. The first kappa shape index (κ1) is 12.8. The van der Waals surface area contributed by atoms with Crippen molar-refractivity contribution in [2.45, 2.75) is 63.6 Å². The van der Waals surface area contributed by atoms with Crippen LogP contribution in [0, 0.1) is 0 Å². The van der Waals surface area contributed by atoms with E-state index in [1.54, 1.807) is 0 Å². The Balaban J connectivity index is 1.93. The van der Waals surface area contributed by atoms with Crippen molar-refractivity contribution in [3.8, 4) is 0 Å². The molecule has 0 amide bonds. The number of aliphatic hydroxyl groups is 1. The van der Waals surface area contributed by atoms with E-state index in [9.17, 15) is 9.90 Å². The molecule has 2 aliphatic heterocycles. The van der Waals surface area contributed by atoms with Crippen LogP contribution in [0.5, 0.6) is 0 Å². The molecule has 0 spiro atoms. The average molecular weight is 244 g/mol. The van der Waals surface area contributed by atoms with E-state index in [1.165, 1.54) is 0 Å². The lowest BCUT2D eigenvalue weighted by atomic mass is 10.1. The molecule has 17 heavy (non-hydrogen) atoms. The number of hydrogen-bond donors (Lipinski definition) is 1. The van der Waals surface area contributed by atoms with E-state index in [2.05, 4.69) is 0 Å². The number of ether oxygens (including phenoxy) is 3.